The summed E-state index contributed by atoms with van der Waals surface area (Å²) in [5.74, 6) is 0.492. The fourth-order valence-corrected chi connectivity index (χ4v) is 2.36. The van der Waals surface area contributed by atoms with Gasteiger partial charge < -0.3 is 10.4 Å². The summed E-state index contributed by atoms with van der Waals surface area (Å²) in [5, 5.41) is 14.0. The van der Waals surface area contributed by atoms with Crippen LogP contribution >= 0.6 is 0 Å². The number of nitrogens with zero attached hydrogens (tertiary/aromatic N) is 2. The zero-order valence-corrected chi connectivity index (χ0v) is 12.0. The smallest absolute Gasteiger partial charge is 0.223 e. The van der Waals surface area contributed by atoms with Gasteiger partial charge in [0.15, 0.2) is 0 Å². The third-order valence-corrected chi connectivity index (χ3v) is 3.47. The molecule has 0 radical (unpaired) electrons. The minimum Gasteiger partial charge on any atom is -0.386 e. The van der Waals surface area contributed by atoms with E-state index in [1.807, 2.05) is 60.7 Å². The summed E-state index contributed by atoms with van der Waals surface area (Å²) in [6.45, 7) is 0. The van der Waals surface area contributed by atoms with Crippen molar-refractivity contribution in [1.29, 1.82) is 0 Å². The predicted octanol–water partition coefficient (Wildman–Crippen LogP) is 3.36. The number of rotatable bonds is 5. The summed E-state index contributed by atoms with van der Waals surface area (Å²) < 4.78 is 0. The number of benzene rings is 2. The molecule has 0 amide bonds. The predicted molar refractivity (Wildman–Crippen MR) is 86.2 cm³/mol. The summed E-state index contributed by atoms with van der Waals surface area (Å²) in [5.41, 5.74) is 1.83. The van der Waals surface area contributed by atoms with E-state index in [9.17, 15) is 5.11 Å². The van der Waals surface area contributed by atoms with Crippen molar-refractivity contribution in [1.82, 2.24) is 9.97 Å². The first-order chi connectivity index (χ1) is 10.8. The summed E-state index contributed by atoms with van der Waals surface area (Å²) >= 11 is 0. The Morgan fingerprint density at radius 2 is 1.27 bits per heavy atom. The Hall–Kier alpha value is -2.72. The van der Waals surface area contributed by atoms with Crippen molar-refractivity contribution in [2.45, 2.75) is 12.1 Å². The first-order valence-corrected chi connectivity index (χ1v) is 7.16. The highest BCUT2D eigenvalue weighted by atomic mass is 16.3. The number of aliphatic hydroxyl groups excluding tert-OH is 1. The normalized spacial score (nSPS) is 13.3. The number of hydrogen-bond donors (Lipinski definition) is 2. The Kier molecular flexibility index (Phi) is 4.41. The van der Waals surface area contributed by atoms with E-state index in [1.54, 1.807) is 18.5 Å². The molecule has 22 heavy (non-hydrogen) atoms. The fraction of sp³-hybridized carbons (Fsp3) is 0.111. The summed E-state index contributed by atoms with van der Waals surface area (Å²) in [4.78, 5) is 8.37. The number of hydrogen-bond acceptors (Lipinski definition) is 4. The number of nitrogens with one attached hydrogen (secondary N) is 1. The van der Waals surface area contributed by atoms with Crippen molar-refractivity contribution in [3.8, 4) is 0 Å². The van der Waals surface area contributed by atoms with Crippen LogP contribution in [0.1, 0.15) is 23.3 Å². The van der Waals surface area contributed by atoms with E-state index in [4.69, 9.17) is 0 Å². The number of aromatic nitrogens is 2. The van der Waals surface area contributed by atoms with Gasteiger partial charge in [-0.1, -0.05) is 60.7 Å². The van der Waals surface area contributed by atoms with E-state index in [0.717, 1.165) is 11.1 Å². The van der Waals surface area contributed by atoms with Crippen LogP contribution in [-0.4, -0.2) is 15.1 Å². The van der Waals surface area contributed by atoms with Gasteiger partial charge in [0.2, 0.25) is 5.95 Å². The van der Waals surface area contributed by atoms with E-state index in [2.05, 4.69) is 15.3 Å². The number of aliphatic hydroxyl groups is 1. The summed E-state index contributed by atoms with van der Waals surface area (Å²) in [7, 11) is 0. The molecule has 3 aromatic rings. The van der Waals surface area contributed by atoms with E-state index in [-0.39, 0.29) is 6.04 Å². The quantitative estimate of drug-likeness (QED) is 0.756. The van der Waals surface area contributed by atoms with Crippen LogP contribution < -0.4 is 5.32 Å². The molecule has 1 aromatic heterocycles. The van der Waals surface area contributed by atoms with Crippen LogP contribution in [0.2, 0.25) is 0 Å². The fourth-order valence-electron chi connectivity index (χ4n) is 2.36. The third-order valence-electron chi connectivity index (χ3n) is 3.47. The molecule has 3 rings (SSSR count). The molecular weight excluding hydrogens is 274 g/mol. The first kappa shape index (κ1) is 14.2. The highest BCUT2D eigenvalue weighted by molar-refractivity contribution is 5.35. The van der Waals surface area contributed by atoms with E-state index in [1.165, 1.54) is 0 Å². The highest BCUT2D eigenvalue weighted by Crippen LogP contribution is 2.30. The lowest BCUT2D eigenvalue weighted by molar-refractivity contribution is 0.154. The summed E-state index contributed by atoms with van der Waals surface area (Å²) in [6, 6.07) is 20.8. The van der Waals surface area contributed by atoms with Gasteiger partial charge >= 0.3 is 0 Å². The number of anilines is 1. The molecule has 0 spiro atoms. The van der Waals surface area contributed by atoms with Gasteiger partial charge in [0.25, 0.3) is 0 Å². The van der Waals surface area contributed by atoms with Crippen molar-refractivity contribution >= 4 is 5.95 Å². The van der Waals surface area contributed by atoms with Crippen LogP contribution in [-0.2, 0) is 0 Å². The van der Waals surface area contributed by atoms with E-state index < -0.39 is 6.10 Å². The van der Waals surface area contributed by atoms with Crippen molar-refractivity contribution < 1.29 is 5.11 Å². The van der Waals surface area contributed by atoms with Crippen molar-refractivity contribution in [2.75, 3.05) is 5.32 Å². The molecule has 0 aliphatic heterocycles. The monoisotopic (exact) mass is 291 g/mol. The van der Waals surface area contributed by atoms with Crippen molar-refractivity contribution in [3.63, 3.8) is 0 Å². The molecule has 0 aliphatic rings. The largest absolute Gasteiger partial charge is 0.386 e. The SMILES string of the molecule is O[C@@H](c1ccccc1)[C@@H](Nc1ncccn1)c1ccccc1. The zero-order valence-electron chi connectivity index (χ0n) is 12.0. The maximum atomic E-state index is 10.8. The minimum absolute atomic E-state index is 0.328. The van der Waals surface area contributed by atoms with Crippen molar-refractivity contribution in [2.24, 2.45) is 0 Å². The Labute approximate surface area is 129 Å². The molecule has 0 aliphatic carbocycles. The zero-order chi connectivity index (χ0) is 15.2. The molecule has 1 heterocycles. The van der Waals surface area contributed by atoms with Crippen LogP contribution in [0.4, 0.5) is 5.95 Å². The van der Waals surface area contributed by atoms with Crippen LogP contribution in [0.3, 0.4) is 0 Å². The molecular formula is C18H17N3O. The Bertz CT molecular complexity index is 689. The second-order valence-corrected chi connectivity index (χ2v) is 4.96. The van der Waals surface area contributed by atoms with Crippen LogP contribution in [0.5, 0.6) is 0 Å². The van der Waals surface area contributed by atoms with Gasteiger partial charge in [-0.3, -0.25) is 0 Å². The molecule has 4 heteroatoms. The van der Waals surface area contributed by atoms with Gasteiger partial charge in [0.1, 0.15) is 6.10 Å². The first-order valence-electron chi connectivity index (χ1n) is 7.16. The standard InChI is InChI=1S/C18H17N3O/c22-17(15-10-5-2-6-11-15)16(14-8-3-1-4-9-14)21-18-19-12-7-13-20-18/h1-13,16-17,22H,(H,19,20,21)/t16-,17-/m0/s1. The lowest BCUT2D eigenvalue weighted by Gasteiger charge is -2.25. The molecule has 2 N–H and O–H groups in total. The molecule has 4 nitrogen and oxygen atoms in total. The van der Waals surface area contributed by atoms with E-state index in [0.29, 0.717) is 5.95 Å². The third kappa shape index (κ3) is 3.30. The maximum absolute atomic E-state index is 10.8. The average Bonchev–Trinajstić information content (AvgIpc) is 2.61. The van der Waals surface area contributed by atoms with Crippen LogP contribution in [0.15, 0.2) is 79.1 Å². The molecule has 0 unspecified atom stereocenters. The minimum atomic E-state index is -0.701. The second-order valence-electron chi connectivity index (χ2n) is 4.96. The lowest BCUT2D eigenvalue weighted by atomic mass is 9.96. The van der Waals surface area contributed by atoms with Crippen LogP contribution in [0, 0.1) is 0 Å². The molecule has 2 atom stereocenters. The van der Waals surface area contributed by atoms with Gasteiger partial charge in [0.05, 0.1) is 6.04 Å². The average molecular weight is 291 g/mol. The molecule has 0 saturated heterocycles. The summed E-state index contributed by atoms with van der Waals surface area (Å²) in [6.07, 6.45) is 2.64. The van der Waals surface area contributed by atoms with Gasteiger partial charge in [-0.25, -0.2) is 9.97 Å². The topological polar surface area (TPSA) is 58.0 Å². The lowest BCUT2D eigenvalue weighted by Crippen LogP contribution is -2.20. The molecule has 110 valence electrons. The van der Waals surface area contributed by atoms with Crippen molar-refractivity contribution in [3.05, 3.63) is 90.3 Å². The Morgan fingerprint density at radius 1 is 0.727 bits per heavy atom. The van der Waals surface area contributed by atoms with Gasteiger partial charge in [0, 0.05) is 12.4 Å². The molecule has 2 aromatic carbocycles. The molecule has 0 bridgehead atoms. The maximum Gasteiger partial charge on any atom is 0.223 e. The Morgan fingerprint density at radius 3 is 1.86 bits per heavy atom. The second kappa shape index (κ2) is 6.83. The van der Waals surface area contributed by atoms with Gasteiger partial charge in [-0.15, -0.1) is 0 Å². The molecule has 0 saturated carbocycles. The van der Waals surface area contributed by atoms with Gasteiger partial charge in [-0.05, 0) is 17.2 Å². The highest BCUT2D eigenvalue weighted by Gasteiger charge is 2.23. The Balaban J connectivity index is 1.93. The molecule has 0 fully saturated rings. The van der Waals surface area contributed by atoms with Crippen LogP contribution in [0.25, 0.3) is 0 Å². The van der Waals surface area contributed by atoms with E-state index >= 15 is 0 Å². The van der Waals surface area contributed by atoms with Gasteiger partial charge in [-0.2, -0.15) is 0 Å².